The summed E-state index contributed by atoms with van der Waals surface area (Å²) in [6, 6.07) is 8.11. The molecule has 2 rings (SSSR count). The van der Waals surface area contributed by atoms with Gasteiger partial charge in [0.1, 0.15) is 18.2 Å². The van der Waals surface area contributed by atoms with Crippen LogP contribution in [0.4, 0.5) is 0 Å². The number of benzene rings is 1. The van der Waals surface area contributed by atoms with Crippen LogP contribution in [0.3, 0.4) is 0 Å². The minimum atomic E-state index is 0.200. The van der Waals surface area contributed by atoms with Gasteiger partial charge in [-0.2, -0.15) is 0 Å². The van der Waals surface area contributed by atoms with Gasteiger partial charge in [-0.15, -0.1) is 6.42 Å². The Hall–Kier alpha value is -2.25. The zero-order valence-corrected chi connectivity index (χ0v) is 11.6. The highest BCUT2D eigenvalue weighted by atomic mass is 16.5. The van der Waals surface area contributed by atoms with Crippen molar-refractivity contribution in [3.63, 3.8) is 0 Å². The van der Waals surface area contributed by atoms with E-state index in [0.717, 1.165) is 23.6 Å². The van der Waals surface area contributed by atoms with Gasteiger partial charge in [0, 0.05) is 24.5 Å². The first-order valence-electron chi connectivity index (χ1n) is 6.72. The number of para-hydroxylation sites is 1. The maximum atomic E-state index is 5.54. The maximum Gasteiger partial charge on any atom is 0.148 e. The molecule has 1 aromatic heterocycles. The van der Waals surface area contributed by atoms with Crippen LogP contribution >= 0.6 is 0 Å². The number of terminal acetylenes is 1. The summed E-state index contributed by atoms with van der Waals surface area (Å²) in [5.41, 5.74) is 1.09. The van der Waals surface area contributed by atoms with Gasteiger partial charge in [-0.1, -0.05) is 31.0 Å². The predicted octanol–water partition coefficient (Wildman–Crippen LogP) is 2.66. The maximum absolute atomic E-state index is 5.54. The second-order valence-electron chi connectivity index (χ2n) is 4.42. The summed E-state index contributed by atoms with van der Waals surface area (Å²) >= 11 is 0. The lowest BCUT2D eigenvalue weighted by atomic mass is 10.1. The fourth-order valence-corrected chi connectivity index (χ4v) is 2.05. The largest absolute Gasteiger partial charge is 0.481 e. The minimum Gasteiger partial charge on any atom is -0.481 e. The summed E-state index contributed by atoms with van der Waals surface area (Å²) < 4.78 is 5.54. The van der Waals surface area contributed by atoms with Crippen molar-refractivity contribution in [3.05, 3.63) is 48.0 Å². The van der Waals surface area contributed by atoms with E-state index in [1.165, 1.54) is 0 Å². The first kappa shape index (κ1) is 14.2. The number of ether oxygens (including phenoxy) is 1. The van der Waals surface area contributed by atoms with Crippen LogP contribution in [0.15, 0.2) is 36.7 Å². The van der Waals surface area contributed by atoms with Gasteiger partial charge in [-0.3, -0.25) is 0 Å². The third-order valence-corrected chi connectivity index (χ3v) is 3.08. The molecule has 0 amide bonds. The van der Waals surface area contributed by atoms with Crippen molar-refractivity contribution in [1.29, 1.82) is 0 Å². The van der Waals surface area contributed by atoms with Crippen LogP contribution in [0.25, 0.3) is 0 Å². The topological polar surface area (TPSA) is 49.9 Å². The minimum absolute atomic E-state index is 0.200. The van der Waals surface area contributed by atoms with E-state index in [0.29, 0.717) is 6.54 Å². The number of aromatic nitrogens is 2. The number of rotatable bonds is 7. The number of imidazole rings is 1. The summed E-state index contributed by atoms with van der Waals surface area (Å²) in [4.78, 5) is 7.44. The summed E-state index contributed by atoms with van der Waals surface area (Å²) in [6.07, 6.45) is 9.79. The van der Waals surface area contributed by atoms with Crippen molar-refractivity contribution in [3.8, 4) is 18.1 Å². The molecule has 2 aromatic rings. The van der Waals surface area contributed by atoms with Gasteiger partial charge in [0.05, 0.1) is 6.04 Å². The standard InChI is InChI=1S/C16H19N3O/c1-3-11-20-15-8-6-5-7-13(15)12-19-14(4-2)16-17-9-10-18-16/h1,5-10,14,19H,4,11-12H2,2H3,(H,17,18). The molecule has 0 aliphatic rings. The lowest BCUT2D eigenvalue weighted by molar-refractivity contribution is 0.363. The Morgan fingerprint density at radius 3 is 3.00 bits per heavy atom. The van der Waals surface area contributed by atoms with Gasteiger partial charge in [0.2, 0.25) is 0 Å². The summed E-state index contributed by atoms with van der Waals surface area (Å²) in [5.74, 6) is 4.26. The number of nitrogens with one attached hydrogen (secondary N) is 2. The monoisotopic (exact) mass is 269 g/mol. The van der Waals surface area contributed by atoms with Gasteiger partial charge in [0.15, 0.2) is 0 Å². The second kappa shape index (κ2) is 7.37. The first-order chi connectivity index (χ1) is 9.85. The molecule has 0 aliphatic carbocycles. The van der Waals surface area contributed by atoms with Gasteiger partial charge < -0.3 is 15.0 Å². The quantitative estimate of drug-likeness (QED) is 0.760. The van der Waals surface area contributed by atoms with E-state index in [9.17, 15) is 0 Å². The smallest absolute Gasteiger partial charge is 0.148 e. The summed E-state index contributed by atoms with van der Waals surface area (Å²) in [7, 11) is 0. The van der Waals surface area contributed by atoms with Crippen LogP contribution in [-0.2, 0) is 6.54 Å². The predicted molar refractivity (Wildman–Crippen MR) is 79.2 cm³/mol. The molecule has 0 saturated heterocycles. The fourth-order valence-electron chi connectivity index (χ4n) is 2.05. The number of aromatic amines is 1. The third kappa shape index (κ3) is 3.62. The first-order valence-corrected chi connectivity index (χ1v) is 6.72. The number of hydrogen-bond acceptors (Lipinski definition) is 3. The Morgan fingerprint density at radius 1 is 1.45 bits per heavy atom. The molecule has 1 aromatic carbocycles. The van der Waals surface area contributed by atoms with Crippen molar-refractivity contribution in [1.82, 2.24) is 15.3 Å². The normalized spacial score (nSPS) is 11.8. The van der Waals surface area contributed by atoms with E-state index < -0.39 is 0 Å². The van der Waals surface area contributed by atoms with E-state index in [1.807, 2.05) is 30.5 Å². The van der Waals surface area contributed by atoms with E-state index in [1.54, 1.807) is 6.20 Å². The molecule has 0 fully saturated rings. The molecule has 1 heterocycles. The molecule has 2 N–H and O–H groups in total. The zero-order valence-electron chi connectivity index (χ0n) is 11.6. The van der Waals surface area contributed by atoms with Crippen LogP contribution < -0.4 is 10.1 Å². The van der Waals surface area contributed by atoms with Crippen LogP contribution in [0, 0.1) is 12.3 Å². The number of H-pyrrole nitrogens is 1. The van der Waals surface area contributed by atoms with Crippen molar-refractivity contribution >= 4 is 0 Å². The van der Waals surface area contributed by atoms with E-state index in [-0.39, 0.29) is 12.6 Å². The second-order valence-corrected chi connectivity index (χ2v) is 4.42. The Bertz CT molecular complexity index is 557. The van der Waals surface area contributed by atoms with Crippen LogP contribution in [0.2, 0.25) is 0 Å². The SMILES string of the molecule is C#CCOc1ccccc1CNC(CC)c1ncc[nH]1. The number of nitrogens with zero attached hydrogens (tertiary/aromatic N) is 1. The Labute approximate surface area is 119 Å². The molecule has 1 unspecified atom stereocenters. The number of hydrogen-bond donors (Lipinski definition) is 2. The molecule has 104 valence electrons. The van der Waals surface area contributed by atoms with Crippen molar-refractivity contribution < 1.29 is 4.74 Å². The van der Waals surface area contributed by atoms with Crippen LogP contribution in [-0.4, -0.2) is 16.6 Å². The molecular weight excluding hydrogens is 250 g/mol. The van der Waals surface area contributed by atoms with Gasteiger partial charge >= 0.3 is 0 Å². The molecule has 20 heavy (non-hydrogen) atoms. The van der Waals surface area contributed by atoms with Crippen LogP contribution in [0.5, 0.6) is 5.75 Å². The van der Waals surface area contributed by atoms with Gasteiger partial charge in [-0.25, -0.2) is 4.98 Å². The Balaban J connectivity index is 2.01. The molecule has 4 nitrogen and oxygen atoms in total. The van der Waals surface area contributed by atoms with Gasteiger partial charge in [0.25, 0.3) is 0 Å². The highest BCUT2D eigenvalue weighted by Crippen LogP contribution is 2.19. The lowest BCUT2D eigenvalue weighted by Crippen LogP contribution is -2.21. The van der Waals surface area contributed by atoms with E-state index in [2.05, 4.69) is 28.1 Å². The molecule has 0 radical (unpaired) electrons. The third-order valence-electron chi connectivity index (χ3n) is 3.08. The van der Waals surface area contributed by atoms with E-state index >= 15 is 0 Å². The van der Waals surface area contributed by atoms with Crippen molar-refractivity contribution in [2.24, 2.45) is 0 Å². The highest BCUT2D eigenvalue weighted by Gasteiger charge is 2.12. The molecule has 1 atom stereocenters. The molecule has 0 saturated carbocycles. The molecular formula is C16H19N3O. The highest BCUT2D eigenvalue weighted by molar-refractivity contribution is 5.33. The molecule has 4 heteroatoms. The Morgan fingerprint density at radius 2 is 2.30 bits per heavy atom. The van der Waals surface area contributed by atoms with Crippen molar-refractivity contribution in [2.75, 3.05) is 6.61 Å². The average Bonchev–Trinajstić information content (AvgIpc) is 3.01. The zero-order chi connectivity index (χ0) is 14.2. The molecule has 0 spiro atoms. The summed E-state index contributed by atoms with van der Waals surface area (Å²) in [5, 5.41) is 3.48. The summed E-state index contributed by atoms with van der Waals surface area (Å²) in [6.45, 7) is 3.12. The average molecular weight is 269 g/mol. The van der Waals surface area contributed by atoms with Crippen molar-refractivity contribution in [2.45, 2.75) is 25.9 Å². The fraction of sp³-hybridized carbons (Fsp3) is 0.312. The van der Waals surface area contributed by atoms with E-state index in [4.69, 9.17) is 11.2 Å². The molecule has 0 aliphatic heterocycles. The lowest BCUT2D eigenvalue weighted by Gasteiger charge is -2.16. The van der Waals surface area contributed by atoms with Crippen LogP contribution in [0.1, 0.15) is 30.8 Å². The van der Waals surface area contributed by atoms with Gasteiger partial charge in [-0.05, 0) is 12.5 Å². The molecule has 0 bridgehead atoms. The Kier molecular flexibility index (Phi) is 5.22.